The predicted molar refractivity (Wildman–Crippen MR) is 77.6 cm³/mol. The Labute approximate surface area is 122 Å². The largest absolute Gasteiger partial charge is 0.462 e. The minimum atomic E-state index is -0.580. The van der Waals surface area contributed by atoms with Crippen LogP contribution in [0.4, 0.5) is 4.39 Å². The van der Waals surface area contributed by atoms with Crippen molar-refractivity contribution in [1.82, 2.24) is 5.32 Å². The second-order valence-corrected chi connectivity index (χ2v) is 4.93. The van der Waals surface area contributed by atoms with Gasteiger partial charge in [-0.05, 0) is 43.3 Å². The van der Waals surface area contributed by atoms with E-state index in [2.05, 4.69) is 5.32 Å². The van der Waals surface area contributed by atoms with Crippen LogP contribution in [-0.2, 0) is 0 Å². The van der Waals surface area contributed by atoms with Crippen LogP contribution >= 0.6 is 0 Å². The number of allylic oxidation sites excluding steroid dienone is 4. The number of aliphatic hydroxyl groups excluding tert-OH is 1. The summed E-state index contributed by atoms with van der Waals surface area (Å²) in [5, 5.41) is 11.7. The van der Waals surface area contributed by atoms with Gasteiger partial charge in [0.2, 0.25) is 0 Å². The van der Waals surface area contributed by atoms with Crippen LogP contribution in [-0.4, -0.2) is 23.7 Å². The third-order valence-corrected chi connectivity index (χ3v) is 2.98. The van der Waals surface area contributed by atoms with E-state index in [-0.39, 0.29) is 18.3 Å². The van der Waals surface area contributed by atoms with Gasteiger partial charge in [0.25, 0.3) is 5.91 Å². The Hall–Kier alpha value is -2.14. The number of halogens is 1. The van der Waals surface area contributed by atoms with Crippen LogP contribution in [0, 0.1) is 0 Å². The topological polar surface area (TPSA) is 58.6 Å². The molecule has 1 amide bonds. The van der Waals surface area contributed by atoms with E-state index in [0.29, 0.717) is 29.9 Å². The number of hydrogen-bond acceptors (Lipinski definition) is 3. The maximum atomic E-state index is 12.9. The molecular weight excluding hydrogens is 273 g/mol. The Morgan fingerprint density at radius 3 is 2.62 bits per heavy atom. The summed E-state index contributed by atoms with van der Waals surface area (Å²) >= 11 is 0. The molecule has 1 aliphatic rings. The fourth-order valence-corrected chi connectivity index (χ4v) is 1.85. The van der Waals surface area contributed by atoms with E-state index in [1.165, 1.54) is 6.08 Å². The van der Waals surface area contributed by atoms with E-state index in [0.717, 1.165) is 0 Å². The van der Waals surface area contributed by atoms with Gasteiger partial charge in [-0.15, -0.1) is 0 Å². The molecule has 1 aliphatic carbocycles. The first-order valence-electron chi connectivity index (χ1n) is 6.84. The summed E-state index contributed by atoms with van der Waals surface area (Å²) in [6, 6.07) is 6.67. The van der Waals surface area contributed by atoms with E-state index < -0.39 is 6.10 Å². The predicted octanol–water partition coefficient (Wildman–Crippen LogP) is 2.71. The normalized spacial score (nSPS) is 15.8. The van der Waals surface area contributed by atoms with Crippen molar-refractivity contribution in [2.24, 2.45) is 0 Å². The van der Waals surface area contributed by atoms with E-state index in [1.807, 2.05) is 0 Å². The molecule has 0 bridgehead atoms. The summed E-state index contributed by atoms with van der Waals surface area (Å²) in [5.74, 6) is 0.906. The van der Waals surface area contributed by atoms with Crippen LogP contribution in [0.15, 0.2) is 48.0 Å². The minimum Gasteiger partial charge on any atom is -0.462 e. The van der Waals surface area contributed by atoms with Crippen molar-refractivity contribution in [2.45, 2.75) is 25.9 Å². The average Bonchev–Trinajstić information content (AvgIpc) is 2.48. The van der Waals surface area contributed by atoms with Gasteiger partial charge in [-0.1, -0.05) is 0 Å². The summed E-state index contributed by atoms with van der Waals surface area (Å²) in [4.78, 5) is 11.8. The second-order valence-electron chi connectivity index (χ2n) is 4.93. The monoisotopic (exact) mass is 291 g/mol. The molecule has 0 aromatic heterocycles. The van der Waals surface area contributed by atoms with E-state index in [9.17, 15) is 9.18 Å². The highest BCUT2D eigenvalue weighted by Gasteiger charge is 2.09. The highest BCUT2D eigenvalue weighted by molar-refractivity contribution is 5.94. The molecule has 1 unspecified atom stereocenters. The van der Waals surface area contributed by atoms with Crippen molar-refractivity contribution < 1.29 is 19.0 Å². The molecule has 1 aromatic rings. The molecule has 5 heteroatoms. The van der Waals surface area contributed by atoms with Gasteiger partial charge in [0.05, 0.1) is 6.10 Å². The number of aliphatic hydroxyl groups is 1. The van der Waals surface area contributed by atoms with Crippen LogP contribution in [0.25, 0.3) is 0 Å². The van der Waals surface area contributed by atoms with Crippen LogP contribution in [0.2, 0.25) is 0 Å². The van der Waals surface area contributed by atoms with Gasteiger partial charge in [-0.2, -0.15) is 0 Å². The third-order valence-electron chi connectivity index (χ3n) is 2.98. The molecule has 0 aliphatic heterocycles. The van der Waals surface area contributed by atoms with E-state index in [1.54, 1.807) is 37.3 Å². The van der Waals surface area contributed by atoms with Crippen molar-refractivity contribution in [3.8, 4) is 5.75 Å². The third kappa shape index (κ3) is 4.72. The summed E-state index contributed by atoms with van der Waals surface area (Å²) in [6.07, 6.45) is 3.31. The van der Waals surface area contributed by atoms with Crippen LogP contribution < -0.4 is 10.1 Å². The first-order chi connectivity index (χ1) is 10.0. The maximum Gasteiger partial charge on any atom is 0.251 e. The number of carbonyl (C=O) groups is 1. The first kappa shape index (κ1) is 15.3. The number of rotatable bonds is 5. The number of ether oxygens (including phenoxy) is 1. The Bertz CT molecular complexity index is 561. The standard InChI is InChI=1S/C16H18FNO3/c1-11(19)10-18-16(20)12-2-6-14(7-3-12)21-15-8-4-13(17)5-9-15/h2-4,6-8,11,19H,5,9-10H2,1H3,(H,18,20). The van der Waals surface area contributed by atoms with Crippen LogP contribution in [0.1, 0.15) is 30.1 Å². The Balaban J connectivity index is 1.94. The van der Waals surface area contributed by atoms with Crippen LogP contribution in [0.3, 0.4) is 0 Å². The molecule has 1 atom stereocenters. The Morgan fingerprint density at radius 2 is 2.05 bits per heavy atom. The molecule has 0 heterocycles. The summed E-state index contributed by atoms with van der Waals surface area (Å²) in [6.45, 7) is 1.81. The maximum absolute atomic E-state index is 12.9. The van der Waals surface area contributed by atoms with E-state index in [4.69, 9.17) is 9.84 Å². The molecule has 112 valence electrons. The molecule has 0 saturated heterocycles. The number of amides is 1. The second kappa shape index (κ2) is 7.04. The van der Waals surface area contributed by atoms with Gasteiger partial charge in [0, 0.05) is 24.9 Å². The van der Waals surface area contributed by atoms with Gasteiger partial charge >= 0.3 is 0 Å². The SMILES string of the molecule is CC(O)CNC(=O)c1ccc(OC2=CC=C(F)CC2)cc1. The highest BCUT2D eigenvalue weighted by Crippen LogP contribution is 2.23. The molecule has 2 N–H and O–H groups in total. The lowest BCUT2D eigenvalue weighted by atomic mass is 10.1. The molecule has 0 fully saturated rings. The van der Waals surface area contributed by atoms with Crippen molar-refractivity contribution in [2.75, 3.05) is 6.54 Å². The molecule has 1 aromatic carbocycles. The highest BCUT2D eigenvalue weighted by atomic mass is 19.1. The van der Waals surface area contributed by atoms with Crippen molar-refractivity contribution in [3.05, 3.63) is 53.6 Å². The van der Waals surface area contributed by atoms with Gasteiger partial charge < -0.3 is 15.2 Å². The molecule has 4 nitrogen and oxygen atoms in total. The summed E-state index contributed by atoms with van der Waals surface area (Å²) in [5.41, 5.74) is 0.492. The Kier molecular flexibility index (Phi) is 5.11. The lowest BCUT2D eigenvalue weighted by molar-refractivity contribution is 0.0924. The van der Waals surface area contributed by atoms with Crippen molar-refractivity contribution in [3.63, 3.8) is 0 Å². The van der Waals surface area contributed by atoms with Gasteiger partial charge in [0.1, 0.15) is 17.3 Å². The lowest BCUT2D eigenvalue weighted by Crippen LogP contribution is -2.30. The van der Waals surface area contributed by atoms with Crippen LogP contribution in [0.5, 0.6) is 5.75 Å². The number of nitrogens with one attached hydrogen (secondary N) is 1. The van der Waals surface area contributed by atoms with Crippen molar-refractivity contribution in [1.29, 1.82) is 0 Å². The molecule has 0 saturated carbocycles. The zero-order chi connectivity index (χ0) is 15.2. The van der Waals surface area contributed by atoms with Gasteiger partial charge in [-0.3, -0.25) is 4.79 Å². The summed E-state index contributed by atoms with van der Waals surface area (Å²) < 4.78 is 18.5. The average molecular weight is 291 g/mol. The van der Waals surface area contributed by atoms with Crippen molar-refractivity contribution >= 4 is 5.91 Å². The molecule has 2 rings (SSSR count). The van der Waals surface area contributed by atoms with Gasteiger partial charge in [0.15, 0.2) is 0 Å². The quantitative estimate of drug-likeness (QED) is 0.877. The number of hydrogen-bond donors (Lipinski definition) is 2. The smallest absolute Gasteiger partial charge is 0.251 e. The number of carbonyl (C=O) groups excluding carboxylic acids is 1. The molecule has 0 spiro atoms. The van der Waals surface area contributed by atoms with Gasteiger partial charge in [-0.25, -0.2) is 4.39 Å². The zero-order valence-corrected chi connectivity index (χ0v) is 11.8. The van der Waals surface area contributed by atoms with E-state index >= 15 is 0 Å². The molecular formula is C16H18FNO3. The lowest BCUT2D eigenvalue weighted by Gasteiger charge is -2.12. The molecule has 0 radical (unpaired) electrons. The zero-order valence-electron chi connectivity index (χ0n) is 11.8. The first-order valence-corrected chi connectivity index (χ1v) is 6.84. The summed E-state index contributed by atoms with van der Waals surface area (Å²) in [7, 11) is 0. The minimum absolute atomic E-state index is 0.146. The fourth-order valence-electron chi connectivity index (χ4n) is 1.85. The number of benzene rings is 1. The molecule has 21 heavy (non-hydrogen) atoms. The fraction of sp³-hybridized carbons (Fsp3) is 0.312. The Morgan fingerprint density at radius 1 is 1.33 bits per heavy atom.